The summed E-state index contributed by atoms with van der Waals surface area (Å²) < 4.78 is 1.02. The number of halogens is 1. The maximum Gasteiger partial charge on any atom is 0.358 e. The summed E-state index contributed by atoms with van der Waals surface area (Å²) in [6, 6.07) is 7.12. The maximum atomic E-state index is 12.6. The van der Waals surface area contributed by atoms with Crippen molar-refractivity contribution in [1.29, 1.82) is 0 Å². The molecule has 0 aliphatic heterocycles. The molecular weight excluding hydrogens is 450 g/mol. The summed E-state index contributed by atoms with van der Waals surface area (Å²) in [6.07, 6.45) is 0.107. The molecule has 0 aliphatic carbocycles. The Kier molecular flexibility index (Phi) is 5.29. The molecule has 4 N–H and O–H groups in total. The van der Waals surface area contributed by atoms with Gasteiger partial charge in [-0.05, 0) is 46.0 Å². The Morgan fingerprint density at radius 3 is 2.80 bits per heavy atom. The van der Waals surface area contributed by atoms with Gasteiger partial charge in [0.25, 0.3) is 5.56 Å². The van der Waals surface area contributed by atoms with Crippen LogP contribution in [0.1, 0.15) is 16.1 Å². The Hall–Kier alpha value is -3.21. The number of aromatic hydroxyl groups is 1. The highest BCUT2D eigenvalue weighted by Crippen LogP contribution is 2.33. The highest BCUT2D eigenvalue weighted by molar-refractivity contribution is 7.17. The number of aromatic carboxylic acids is 1. The number of aromatic amines is 1. The lowest BCUT2D eigenvalue weighted by molar-refractivity contribution is -0.115. The van der Waals surface area contributed by atoms with E-state index in [0.29, 0.717) is 15.6 Å². The van der Waals surface area contributed by atoms with Gasteiger partial charge in [-0.25, -0.2) is 9.78 Å². The third-order valence-corrected chi connectivity index (χ3v) is 6.39. The first-order valence-corrected chi connectivity index (χ1v) is 10.6. The van der Waals surface area contributed by atoms with E-state index in [9.17, 15) is 19.5 Å². The molecule has 152 valence electrons. The van der Waals surface area contributed by atoms with Gasteiger partial charge in [-0.15, -0.1) is 22.7 Å². The minimum Gasteiger partial charge on any atom is -0.501 e. The van der Waals surface area contributed by atoms with Gasteiger partial charge in [-0.2, -0.15) is 0 Å². The molecule has 0 fully saturated rings. The van der Waals surface area contributed by atoms with Crippen LogP contribution in [0.2, 0.25) is 5.02 Å². The lowest BCUT2D eigenvalue weighted by Crippen LogP contribution is -2.16. The lowest BCUT2D eigenvalue weighted by atomic mass is 10.1. The number of carboxylic acid groups (broad SMARTS) is 1. The van der Waals surface area contributed by atoms with Crippen LogP contribution in [0.15, 0.2) is 39.8 Å². The highest BCUT2D eigenvalue weighted by atomic mass is 35.5. The molecule has 1 amide bonds. The summed E-state index contributed by atoms with van der Waals surface area (Å²) in [4.78, 5) is 42.2. The molecule has 0 radical (unpaired) electrons. The fraction of sp³-hybridized carbons (Fsp3) is 0.0526. The number of H-pyrrole nitrogens is 1. The number of anilines is 1. The van der Waals surface area contributed by atoms with Crippen molar-refractivity contribution in [3.8, 4) is 16.5 Å². The van der Waals surface area contributed by atoms with E-state index in [1.54, 1.807) is 17.5 Å². The fourth-order valence-electron chi connectivity index (χ4n) is 2.87. The first kappa shape index (κ1) is 20.1. The number of nitrogens with zero attached hydrogens (tertiary/aromatic N) is 1. The second-order valence-electron chi connectivity index (χ2n) is 6.21. The Bertz CT molecular complexity index is 1360. The average molecular weight is 462 g/mol. The monoisotopic (exact) mass is 461 g/mol. The standard InChI is InChI=1S/C19H12ClN3O5S2/c20-9-1-2-12-10(6-9)8(7-30-12)5-13(24)21-11-3-4-29-16(11)17-22-14(19(27)28)15(25)18(26)23-17/h1-4,6-7,25H,5H2,(H,21,24)(H,27,28)(H,22,23,26). The number of amides is 1. The van der Waals surface area contributed by atoms with Crippen molar-refractivity contribution >= 4 is 61.9 Å². The van der Waals surface area contributed by atoms with Crippen LogP contribution in [0.25, 0.3) is 20.8 Å². The number of benzene rings is 1. The van der Waals surface area contributed by atoms with E-state index < -0.39 is 23.0 Å². The van der Waals surface area contributed by atoms with E-state index >= 15 is 0 Å². The van der Waals surface area contributed by atoms with Gasteiger partial charge >= 0.3 is 5.97 Å². The first-order chi connectivity index (χ1) is 14.3. The number of fused-ring (bicyclic) bond motifs is 1. The summed E-state index contributed by atoms with van der Waals surface area (Å²) >= 11 is 8.73. The molecule has 3 aromatic heterocycles. The first-order valence-electron chi connectivity index (χ1n) is 8.43. The minimum atomic E-state index is -1.54. The molecule has 0 saturated carbocycles. The Morgan fingerprint density at radius 1 is 1.23 bits per heavy atom. The molecule has 0 atom stereocenters. The number of thiophene rings is 2. The Balaban J connectivity index is 1.61. The highest BCUT2D eigenvalue weighted by Gasteiger charge is 2.20. The normalized spacial score (nSPS) is 11.0. The van der Waals surface area contributed by atoms with Crippen LogP contribution in [-0.2, 0) is 11.2 Å². The van der Waals surface area contributed by atoms with Crippen molar-refractivity contribution in [2.75, 3.05) is 5.32 Å². The van der Waals surface area contributed by atoms with Crippen LogP contribution in [-0.4, -0.2) is 32.1 Å². The fourth-order valence-corrected chi connectivity index (χ4v) is 4.78. The average Bonchev–Trinajstić information content (AvgIpc) is 3.30. The molecule has 4 aromatic rings. The number of carboxylic acids is 1. The van der Waals surface area contributed by atoms with Crippen molar-refractivity contribution in [2.45, 2.75) is 6.42 Å². The molecule has 4 rings (SSSR count). The minimum absolute atomic E-state index is 0.0618. The van der Waals surface area contributed by atoms with E-state index in [4.69, 9.17) is 16.7 Å². The van der Waals surface area contributed by atoms with Crippen LogP contribution in [0.4, 0.5) is 5.69 Å². The number of aromatic nitrogens is 2. The molecule has 0 saturated heterocycles. The predicted molar refractivity (Wildman–Crippen MR) is 116 cm³/mol. The van der Waals surface area contributed by atoms with Gasteiger partial charge in [0.15, 0.2) is 11.5 Å². The van der Waals surface area contributed by atoms with E-state index in [1.165, 1.54) is 11.3 Å². The van der Waals surface area contributed by atoms with Gasteiger partial charge in [-0.3, -0.25) is 9.59 Å². The number of carbonyl (C=O) groups is 2. The van der Waals surface area contributed by atoms with Crippen molar-refractivity contribution in [3.63, 3.8) is 0 Å². The predicted octanol–water partition coefficient (Wildman–Crippen LogP) is 3.95. The van der Waals surface area contributed by atoms with Gasteiger partial charge in [-0.1, -0.05) is 11.6 Å². The van der Waals surface area contributed by atoms with Crippen molar-refractivity contribution in [3.05, 3.63) is 61.7 Å². The van der Waals surface area contributed by atoms with Crippen LogP contribution in [0, 0.1) is 0 Å². The van der Waals surface area contributed by atoms with E-state index in [1.807, 2.05) is 17.5 Å². The largest absolute Gasteiger partial charge is 0.501 e. The van der Waals surface area contributed by atoms with E-state index in [-0.39, 0.29) is 18.2 Å². The Labute approximate surface area is 181 Å². The zero-order chi connectivity index (χ0) is 21.4. The van der Waals surface area contributed by atoms with Crippen molar-refractivity contribution < 1.29 is 19.8 Å². The zero-order valence-corrected chi connectivity index (χ0v) is 17.3. The van der Waals surface area contributed by atoms with E-state index in [0.717, 1.165) is 27.0 Å². The van der Waals surface area contributed by atoms with Gasteiger partial charge in [0.2, 0.25) is 11.7 Å². The smallest absolute Gasteiger partial charge is 0.358 e. The molecule has 0 unspecified atom stereocenters. The zero-order valence-electron chi connectivity index (χ0n) is 14.9. The second kappa shape index (κ2) is 7.90. The van der Waals surface area contributed by atoms with Crippen molar-refractivity contribution in [1.82, 2.24) is 9.97 Å². The van der Waals surface area contributed by atoms with Gasteiger partial charge in [0, 0.05) is 9.72 Å². The van der Waals surface area contributed by atoms with E-state index in [2.05, 4.69) is 15.3 Å². The van der Waals surface area contributed by atoms with Gasteiger partial charge in [0.1, 0.15) is 0 Å². The third kappa shape index (κ3) is 3.80. The molecule has 0 bridgehead atoms. The molecule has 8 nitrogen and oxygen atoms in total. The van der Waals surface area contributed by atoms with Gasteiger partial charge < -0.3 is 20.5 Å². The van der Waals surface area contributed by atoms with Crippen LogP contribution in [0.3, 0.4) is 0 Å². The molecule has 11 heteroatoms. The van der Waals surface area contributed by atoms with Gasteiger partial charge in [0.05, 0.1) is 17.0 Å². The topological polar surface area (TPSA) is 132 Å². The lowest BCUT2D eigenvalue weighted by Gasteiger charge is -2.07. The molecule has 30 heavy (non-hydrogen) atoms. The quantitative estimate of drug-likeness (QED) is 0.355. The number of hydrogen-bond acceptors (Lipinski definition) is 7. The number of rotatable bonds is 5. The summed E-state index contributed by atoms with van der Waals surface area (Å²) in [5.74, 6) is -2.87. The van der Waals surface area contributed by atoms with Crippen LogP contribution >= 0.6 is 34.3 Å². The summed E-state index contributed by atoms with van der Waals surface area (Å²) in [7, 11) is 0. The molecule has 0 spiro atoms. The third-order valence-electron chi connectivity index (χ3n) is 4.22. The SMILES string of the molecule is O=C(Cc1csc2ccc(Cl)cc12)Nc1ccsc1-c1nc(C(=O)O)c(O)c(=O)[nH]1. The molecule has 0 aliphatic rings. The summed E-state index contributed by atoms with van der Waals surface area (Å²) in [5, 5.41) is 26.5. The number of nitrogens with one attached hydrogen (secondary N) is 2. The van der Waals surface area contributed by atoms with Crippen LogP contribution < -0.4 is 10.9 Å². The molecular formula is C19H12ClN3O5S2. The van der Waals surface area contributed by atoms with Crippen molar-refractivity contribution in [2.24, 2.45) is 0 Å². The Morgan fingerprint density at radius 2 is 2.03 bits per heavy atom. The molecule has 3 heterocycles. The number of carbonyl (C=O) groups excluding carboxylic acids is 1. The number of hydrogen-bond donors (Lipinski definition) is 4. The summed E-state index contributed by atoms with van der Waals surface area (Å²) in [5.41, 5.74) is -0.547. The second-order valence-corrected chi connectivity index (χ2v) is 8.47. The molecule has 1 aromatic carbocycles. The van der Waals surface area contributed by atoms with Crippen LogP contribution in [0.5, 0.6) is 5.75 Å². The maximum absolute atomic E-state index is 12.6. The summed E-state index contributed by atoms with van der Waals surface area (Å²) in [6.45, 7) is 0.